The second-order valence-electron chi connectivity index (χ2n) is 3.05. The molecule has 0 saturated carbocycles. The van der Waals surface area contributed by atoms with Gasteiger partial charge >= 0.3 is 5.97 Å². The van der Waals surface area contributed by atoms with Crippen LogP contribution in [0.25, 0.3) is 0 Å². The SMILES string of the molecule is CCCOC(C)COC(C)C(=O)OF. The zero-order valence-corrected chi connectivity index (χ0v) is 8.79. The molecule has 84 valence electrons. The molecule has 2 atom stereocenters. The predicted molar refractivity (Wildman–Crippen MR) is 48.3 cm³/mol. The lowest BCUT2D eigenvalue weighted by Gasteiger charge is -2.14. The van der Waals surface area contributed by atoms with Crippen LogP contribution in [-0.2, 0) is 19.2 Å². The Morgan fingerprint density at radius 1 is 1.36 bits per heavy atom. The maximum absolute atomic E-state index is 11.4. The van der Waals surface area contributed by atoms with Gasteiger partial charge in [0.25, 0.3) is 0 Å². The summed E-state index contributed by atoms with van der Waals surface area (Å²) >= 11 is 0. The second-order valence-corrected chi connectivity index (χ2v) is 3.05. The van der Waals surface area contributed by atoms with E-state index in [1.54, 1.807) is 0 Å². The van der Waals surface area contributed by atoms with Crippen LogP contribution in [0.5, 0.6) is 0 Å². The number of rotatable bonds is 7. The summed E-state index contributed by atoms with van der Waals surface area (Å²) < 4.78 is 21.7. The van der Waals surface area contributed by atoms with Gasteiger partial charge in [0.05, 0.1) is 12.7 Å². The van der Waals surface area contributed by atoms with E-state index in [0.29, 0.717) is 6.61 Å². The van der Waals surface area contributed by atoms with Crippen LogP contribution in [0.1, 0.15) is 27.2 Å². The Hall–Kier alpha value is -0.680. The molecule has 0 bridgehead atoms. The van der Waals surface area contributed by atoms with Crippen molar-refractivity contribution >= 4 is 5.97 Å². The van der Waals surface area contributed by atoms with Crippen molar-refractivity contribution in [1.29, 1.82) is 0 Å². The minimum absolute atomic E-state index is 0.107. The molecular weight excluding hydrogens is 191 g/mol. The van der Waals surface area contributed by atoms with Crippen LogP contribution in [0.4, 0.5) is 4.53 Å². The van der Waals surface area contributed by atoms with E-state index in [9.17, 15) is 9.32 Å². The summed E-state index contributed by atoms with van der Waals surface area (Å²) in [5, 5.41) is 0. The van der Waals surface area contributed by atoms with Crippen LogP contribution in [0.15, 0.2) is 0 Å². The molecule has 0 amide bonds. The Kier molecular flexibility index (Phi) is 7.32. The topological polar surface area (TPSA) is 44.8 Å². The fourth-order valence-electron chi connectivity index (χ4n) is 0.778. The summed E-state index contributed by atoms with van der Waals surface area (Å²) in [6, 6.07) is 0. The number of ether oxygens (including phenoxy) is 2. The van der Waals surface area contributed by atoms with E-state index in [-0.39, 0.29) is 12.7 Å². The molecule has 0 radical (unpaired) electrons. The fraction of sp³-hybridized carbons (Fsp3) is 0.889. The lowest BCUT2D eigenvalue weighted by Crippen LogP contribution is -2.26. The molecule has 0 aromatic rings. The first-order valence-corrected chi connectivity index (χ1v) is 4.67. The molecule has 0 aliphatic rings. The van der Waals surface area contributed by atoms with Crippen LogP contribution in [-0.4, -0.2) is 31.4 Å². The van der Waals surface area contributed by atoms with Gasteiger partial charge in [0, 0.05) is 11.1 Å². The molecule has 2 unspecified atom stereocenters. The van der Waals surface area contributed by atoms with Gasteiger partial charge in [-0.3, -0.25) is 4.94 Å². The lowest BCUT2D eigenvalue weighted by atomic mass is 10.4. The zero-order chi connectivity index (χ0) is 11.0. The number of carbonyl (C=O) groups is 1. The highest BCUT2D eigenvalue weighted by atomic mass is 19.3. The Morgan fingerprint density at radius 3 is 2.50 bits per heavy atom. The van der Waals surface area contributed by atoms with E-state index >= 15 is 0 Å². The van der Waals surface area contributed by atoms with Crippen molar-refractivity contribution in [3.05, 3.63) is 0 Å². The third-order valence-electron chi connectivity index (χ3n) is 1.60. The fourth-order valence-corrected chi connectivity index (χ4v) is 0.778. The normalized spacial score (nSPS) is 14.9. The monoisotopic (exact) mass is 208 g/mol. The highest BCUT2D eigenvalue weighted by Crippen LogP contribution is 1.99. The molecule has 0 N–H and O–H groups in total. The number of halogens is 1. The average molecular weight is 208 g/mol. The molecule has 0 aliphatic heterocycles. The molecule has 0 aliphatic carbocycles. The first-order valence-electron chi connectivity index (χ1n) is 4.67. The molecule has 5 heteroatoms. The summed E-state index contributed by atoms with van der Waals surface area (Å²) in [4.78, 5) is 13.6. The number of carbonyl (C=O) groups excluding carboxylic acids is 1. The van der Waals surface area contributed by atoms with Crippen molar-refractivity contribution in [1.82, 2.24) is 0 Å². The Bertz CT molecular complexity index is 163. The lowest BCUT2D eigenvalue weighted by molar-refractivity contribution is -0.197. The van der Waals surface area contributed by atoms with Gasteiger partial charge in [-0.25, -0.2) is 4.79 Å². The van der Waals surface area contributed by atoms with Crippen molar-refractivity contribution in [2.24, 2.45) is 0 Å². The Labute approximate surface area is 83.2 Å². The van der Waals surface area contributed by atoms with E-state index in [1.807, 2.05) is 13.8 Å². The molecule has 0 rings (SSSR count). The highest BCUT2D eigenvalue weighted by molar-refractivity contribution is 5.73. The van der Waals surface area contributed by atoms with Gasteiger partial charge < -0.3 is 9.47 Å². The highest BCUT2D eigenvalue weighted by Gasteiger charge is 2.16. The quantitative estimate of drug-likeness (QED) is 0.638. The molecule has 0 aromatic carbocycles. The molecule has 4 nitrogen and oxygen atoms in total. The van der Waals surface area contributed by atoms with Gasteiger partial charge in [-0.15, -0.1) is 0 Å². The molecular formula is C9H17FO4. The minimum Gasteiger partial charge on any atom is -0.376 e. The van der Waals surface area contributed by atoms with Crippen molar-refractivity contribution < 1.29 is 23.7 Å². The van der Waals surface area contributed by atoms with Crippen LogP contribution >= 0.6 is 0 Å². The largest absolute Gasteiger partial charge is 0.376 e. The summed E-state index contributed by atoms with van der Waals surface area (Å²) in [6.45, 7) is 6.14. The summed E-state index contributed by atoms with van der Waals surface area (Å²) in [6.07, 6.45) is -0.0793. The molecule has 0 fully saturated rings. The minimum atomic E-state index is -1.02. The van der Waals surface area contributed by atoms with Gasteiger partial charge in [-0.1, -0.05) is 6.92 Å². The van der Waals surface area contributed by atoms with Crippen molar-refractivity contribution in [3.8, 4) is 0 Å². The summed E-state index contributed by atoms with van der Waals surface area (Å²) in [7, 11) is 0. The third-order valence-corrected chi connectivity index (χ3v) is 1.60. The van der Waals surface area contributed by atoms with Gasteiger partial charge in [-0.05, 0) is 20.3 Å². The smallest absolute Gasteiger partial charge is 0.376 e. The predicted octanol–water partition coefficient (Wildman–Crippen LogP) is 1.63. The van der Waals surface area contributed by atoms with Gasteiger partial charge in [-0.2, -0.15) is 0 Å². The molecule has 0 spiro atoms. The first-order chi connectivity index (χ1) is 6.61. The van der Waals surface area contributed by atoms with E-state index in [2.05, 4.69) is 4.94 Å². The average Bonchev–Trinajstić information content (AvgIpc) is 2.21. The van der Waals surface area contributed by atoms with Crippen molar-refractivity contribution in [2.75, 3.05) is 13.2 Å². The zero-order valence-electron chi connectivity index (χ0n) is 8.79. The molecule has 0 heterocycles. The maximum Gasteiger partial charge on any atom is 0.376 e. The summed E-state index contributed by atoms with van der Waals surface area (Å²) in [5.41, 5.74) is 0. The Balaban J connectivity index is 3.55. The van der Waals surface area contributed by atoms with E-state index in [4.69, 9.17) is 9.47 Å². The van der Waals surface area contributed by atoms with Gasteiger partial charge in [0.2, 0.25) is 0 Å². The number of hydrogen-bond acceptors (Lipinski definition) is 4. The van der Waals surface area contributed by atoms with Crippen LogP contribution in [0, 0.1) is 0 Å². The Morgan fingerprint density at radius 2 is 2.00 bits per heavy atom. The van der Waals surface area contributed by atoms with Crippen LogP contribution in [0.2, 0.25) is 0 Å². The molecule has 0 saturated heterocycles. The van der Waals surface area contributed by atoms with E-state index < -0.39 is 12.1 Å². The van der Waals surface area contributed by atoms with E-state index in [0.717, 1.165) is 6.42 Å². The van der Waals surface area contributed by atoms with Gasteiger partial charge in [0.1, 0.15) is 0 Å². The molecule has 14 heavy (non-hydrogen) atoms. The standard InChI is InChI=1S/C9H17FO4/c1-4-5-12-7(2)6-13-8(3)9(11)14-10/h7-8H,4-6H2,1-3H3. The first kappa shape index (κ1) is 13.3. The van der Waals surface area contributed by atoms with Crippen molar-refractivity contribution in [3.63, 3.8) is 0 Å². The van der Waals surface area contributed by atoms with Gasteiger partial charge in [0.15, 0.2) is 6.10 Å². The summed E-state index contributed by atoms with van der Waals surface area (Å²) in [5.74, 6) is -1.02. The van der Waals surface area contributed by atoms with E-state index in [1.165, 1.54) is 6.92 Å². The van der Waals surface area contributed by atoms with Crippen LogP contribution in [0.3, 0.4) is 0 Å². The second kappa shape index (κ2) is 7.70. The molecule has 0 aromatic heterocycles. The number of hydrogen-bond donors (Lipinski definition) is 0. The van der Waals surface area contributed by atoms with Crippen LogP contribution < -0.4 is 0 Å². The third kappa shape index (κ3) is 5.88. The maximum atomic E-state index is 11.4. The van der Waals surface area contributed by atoms with Crippen molar-refractivity contribution in [2.45, 2.75) is 39.4 Å².